The SMILES string of the molecule is Cn1cc(C(=O)N2CCC[C@@H](c3nccn3CC3CC3)C2)c2ccccc21. The summed E-state index contributed by atoms with van der Waals surface area (Å²) in [4.78, 5) is 20.0. The lowest BCUT2D eigenvalue weighted by Crippen LogP contribution is -2.39. The molecule has 140 valence electrons. The van der Waals surface area contributed by atoms with E-state index in [4.69, 9.17) is 0 Å². The summed E-state index contributed by atoms with van der Waals surface area (Å²) in [7, 11) is 2.01. The summed E-state index contributed by atoms with van der Waals surface area (Å²) in [5.74, 6) is 2.48. The minimum Gasteiger partial charge on any atom is -0.350 e. The first kappa shape index (κ1) is 16.6. The smallest absolute Gasteiger partial charge is 0.256 e. The van der Waals surface area contributed by atoms with E-state index in [1.54, 1.807) is 0 Å². The third-order valence-corrected chi connectivity index (χ3v) is 6.10. The second kappa shape index (κ2) is 6.55. The van der Waals surface area contributed by atoms with Crippen LogP contribution in [0.2, 0.25) is 0 Å². The van der Waals surface area contributed by atoms with Gasteiger partial charge in [0.05, 0.1) is 5.56 Å². The maximum Gasteiger partial charge on any atom is 0.256 e. The number of likely N-dealkylation sites (tertiary alicyclic amines) is 1. The summed E-state index contributed by atoms with van der Waals surface area (Å²) in [6, 6.07) is 8.15. The Hall–Kier alpha value is -2.56. The van der Waals surface area contributed by atoms with Crippen LogP contribution in [0, 0.1) is 5.92 Å². The number of fused-ring (bicyclic) bond motifs is 1. The Morgan fingerprint density at radius 3 is 2.93 bits per heavy atom. The molecular weight excluding hydrogens is 336 g/mol. The standard InChI is InChI=1S/C22H26N4O/c1-24-15-19(18-6-2-3-7-20(18)24)22(27)26-11-4-5-17(14-26)21-23-10-12-25(21)13-16-8-9-16/h2-3,6-7,10,12,15-17H,4-5,8-9,11,13-14H2,1H3/t17-/m1/s1. The number of benzene rings is 1. The van der Waals surface area contributed by atoms with Crippen molar-refractivity contribution >= 4 is 16.8 Å². The summed E-state index contributed by atoms with van der Waals surface area (Å²) in [5, 5.41) is 1.04. The van der Waals surface area contributed by atoms with E-state index >= 15 is 0 Å². The molecule has 0 unspecified atom stereocenters. The van der Waals surface area contributed by atoms with Crippen molar-refractivity contribution in [3.05, 3.63) is 54.2 Å². The topological polar surface area (TPSA) is 43.1 Å². The molecule has 1 saturated carbocycles. The predicted octanol–water partition coefficient (Wildman–Crippen LogP) is 3.80. The molecule has 1 atom stereocenters. The van der Waals surface area contributed by atoms with Gasteiger partial charge < -0.3 is 14.0 Å². The minimum atomic E-state index is 0.150. The fraction of sp³-hybridized carbons (Fsp3) is 0.455. The Morgan fingerprint density at radius 2 is 2.07 bits per heavy atom. The number of rotatable bonds is 4. The highest BCUT2D eigenvalue weighted by atomic mass is 16.2. The van der Waals surface area contributed by atoms with Crippen molar-refractivity contribution in [2.45, 2.75) is 38.1 Å². The van der Waals surface area contributed by atoms with E-state index in [2.05, 4.69) is 21.8 Å². The molecule has 27 heavy (non-hydrogen) atoms. The number of carbonyl (C=O) groups excluding carboxylic acids is 1. The average molecular weight is 362 g/mol. The summed E-state index contributed by atoms with van der Waals surface area (Å²) in [6.45, 7) is 2.69. The number of imidazole rings is 1. The van der Waals surface area contributed by atoms with Crippen LogP contribution in [0.25, 0.3) is 10.9 Å². The Balaban J connectivity index is 1.39. The van der Waals surface area contributed by atoms with E-state index in [1.165, 1.54) is 12.8 Å². The van der Waals surface area contributed by atoms with Gasteiger partial charge in [-0.2, -0.15) is 0 Å². The number of hydrogen-bond donors (Lipinski definition) is 0. The molecule has 0 radical (unpaired) electrons. The number of nitrogens with zero attached hydrogens (tertiary/aromatic N) is 4. The first-order valence-corrected chi connectivity index (χ1v) is 10.0. The second-order valence-corrected chi connectivity index (χ2v) is 8.14. The largest absolute Gasteiger partial charge is 0.350 e. The lowest BCUT2D eigenvalue weighted by molar-refractivity contribution is 0.0705. The molecule has 1 saturated heterocycles. The molecule has 2 fully saturated rings. The van der Waals surface area contributed by atoms with Gasteiger partial charge in [-0.25, -0.2) is 4.98 Å². The van der Waals surface area contributed by atoms with Crippen molar-refractivity contribution in [1.82, 2.24) is 19.0 Å². The van der Waals surface area contributed by atoms with Crippen molar-refractivity contribution in [1.29, 1.82) is 0 Å². The van der Waals surface area contributed by atoms with Crippen LogP contribution in [0.15, 0.2) is 42.9 Å². The van der Waals surface area contributed by atoms with Crippen LogP contribution in [-0.4, -0.2) is 38.0 Å². The fourth-order valence-electron chi connectivity index (χ4n) is 4.47. The molecule has 0 N–H and O–H groups in total. The molecule has 5 heteroatoms. The van der Waals surface area contributed by atoms with Crippen LogP contribution in [0.5, 0.6) is 0 Å². The Morgan fingerprint density at radius 1 is 1.22 bits per heavy atom. The van der Waals surface area contributed by atoms with Crippen molar-refractivity contribution in [2.75, 3.05) is 13.1 Å². The molecule has 1 amide bonds. The first-order chi connectivity index (χ1) is 13.2. The quantitative estimate of drug-likeness (QED) is 0.708. The van der Waals surface area contributed by atoms with Gasteiger partial charge in [0.15, 0.2) is 0 Å². The molecule has 5 nitrogen and oxygen atoms in total. The van der Waals surface area contributed by atoms with Gasteiger partial charge in [-0.15, -0.1) is 0 Å². The molecule has 2 aromatic heterocycles. The second-order valence-electron chi connectivity index (χ2n) is 8.14. The van der Waals surface area contributed by atoms with E-state index in [1.807, 2.05) is 47.1 Å². The number of aryl methyl sites for hydroxylation is 1. The third kappa shape index (κ3) is 3.05. The molecule has 1 aliphatic carbocycles. The zero-order chi connectivity index (χ0) is 18.4. The van der Waals surface area contributed by atoms with E-state index in [9.17, 15) is 4.79 Å². The highest BCUT2D eigenvalue weighted by Crippen LogP contribution is 2.33. The summed E-state index contributed by atoms with van der Waals surface area (Å²) in [6.07, 6.45) is 10.8. The van der Waals surface area contributed by atoms with Gasteiger partial charge in [0.25, 0.3) is 5.91 Å². The predicted molar refractivity (Wildman–Crippen MR) is 106 cm³/mol. The Bertz CT molecular complexity index is 981. The molecule has 0 spiro atoms. The average Bonchev–Trinajstić information content (AvgIpc) is 3.29. The Kier molecular flexibility index (Phi) is 4.03. The molecule has 1 aliphatic heterocycles. The van der Waals surface area contributed by atoms with E-state index in [0.29, 0.717) is 5.92 Å². The number of amides is 1. The van der Waals surface area contributed by atoms with E-state index in [0.717, 1.165) is 60.7 Å². The lowest BCUT2D eigenvalue weighted by Gasteiger charge is -2.32. The zero-order valence-electron chi connectivity index (χ0n) is 15.8. The van der Waals surface area contributed by atoms with Crippen molar-refractivity contribution < 1.29 is 4.79 Å². The molecule has 2 aliphatic rings. The summed E-state index contributed by atoms with van der Waals surface area (Å²) >= 11 is 0. The van der Waals surface area contributed by atoms with Gasteiger partial charge in [-0.1, -0.05) is 18.2 Å². The van der Waals surface area contributed by atoms with Gasteiger partial charge in [-0.05, 0) is 37.7 Å². The van der Waals surface area contributed by atoms with E-state index in [-0.39, 0.29) is 5.91 Å². The van der Waals surface area contributed by atoms with Crippen LogP contribution >= 0.6 is 0 Å². The van der Waals surface area contributed by atoms with Crippen LogP contribution in [0.3, 0.4) is 0 Å². The Labute approximate surface area is 159 Å². The van der Waals surface area contributed by atoms with Crippen LogP contribution in [0.1, 0.15) is 47.8 Å². The number of para-hydroxylation sites is 1. The fourth-order valence-corrected chi connectivity index (χ4v) is 4.47. The molecule has 3 heterocycles. The van der Waals surface area contributed by atoms with Gasteiger partial charge in [0, 0.05) is 62.1 Å². The lowest BCUT2D eigenvalue weighted by atomic mass is 9.96. The van der Waals surface area contributed by atoms with Gasteiger partial charge in [0.1, 0.15) is 5.82 Å². The number of carbonyl (C=O) groups is 1. The number of piperidine rings is 1. The molecule has 3 aromatic rings. The maximum absolute atomic E-state index is 13.3. The summed E-state index contributed by atoms with van der Waals surface area (Å²) < 4.78 is 4.38. The monoisotopic (exact) mass is 362 g/mol. The normalized spacial score (nSPS) is 20.3. The van der Waals surface area contributed by atoms with E-state index < -0.39 is 0 Å². The molecule has 0 bridgehead atoms. The van der Waals surface area contributed by atoms with Crippen molar-refractivity contribution in [3.63, 3.8) is 0 Å². The third-order valence-electron chi connectivity index (χ3n) is 6.10. The number of hydrogen-bond acceptors (Lipinski definition) is 2. The van der Waals surface area contributed by atoms with Crippen LogP contribution in [0.4, 0.5) is 0 Å². The summed E-state index contributed by atoms with van der Waals surface area (Å²) in [5.41, 5.74) is 1.92. The maximum atomic E-state index is 13.3. The van der Waals surface area contributed by atoms with Crippen molar-refractivity contribution in [3.8, 4) is 0 Å². The van der Waals surface area contributed by atoms with Gasteiger partial charge >= 0.3 is 0 Å². The highest BCUT2D eigenvalue weighted by molar-refractivity contribution is 6.07. The van der Waals surface area contributed by atoms with Crippen molar-refractivity contribution in [2.24, 2.45) is 13.0 Å². The van der Waals surface area contributed by atoms with Crippen LogP contribution < -0.4 is 0 Å². The van der Waals surface area contributed by atoms with Gasteiger partial charge in [0.2, 0.25) is 0 Å². The molecular formula is C22H26N4O. The number of aromatic nitrogens is 3. The van der Waals surface area contributed by atoms with Crippen LogP contribution in [-0.2, 0) is 13.6 Å². The molecule has 1 aromatic carbocycles. The van der Waals surface area contributed by atoms with Gasteiger partial charge in [-0.3, -0.25) is 4.79 Å². The molecule has 5 rings (SSSR count). The zero-order valence-corrected chi connectivity index (χ0v) is 15.8. The first-order valence-electron chi connectivity index (χ1n) is 10.0. The minimum absolute atomic E-state index is 0.150. The highest BCUT2D eigenvalue weighted by Gasteiger charge is 2.30.